The summed E-state index contributed by atoms with van der Waals surface area (Å²) in [5, 5.41) is 4.61. The zero-order valence-corrected chi connectivity index (χ0v) is 28.6. The number of nitrogens with zero attached hydrogens (tertiary/aromatic N) is 4. The van der Waals surface area contributed by atoms with Crippen LogP contribution >= 0.6 is 0 Å². The van der Waals surface area contributed by atoms with E-state index in [0.29, 0.717) is 13.2 Å². The highest BCUT2D eigenvalue weighted by molar-refractivity contribution is 7.86. The van der Waals surface area contributed by atoms with Gasteiger partial charge in [0.15, 0.2) is 17.3 Å². The van der Waals surface area contributed by atoms with Crippen molar-refractivity contribution in [1.82, 2.24) is 19.3 Å². The third kappa shape index (κ3) is 10.2. The number of aromatic nitrogens is 4. The van der Waals surface area contributed by atoms with Crippen LogP contribution in [0.1, 0.15) is 36.8 Å². The van der Waals surface area contributed by atoms with Crippen molar-refractivity contribution in [2.75, 3.05) is 19.5 Å². The van der Waals surface area contributed by atoms with E-state index in [1.54, 1.807) is 27.8 Å². The first-order valence-electron chi connectivity index (χ1n) is 15.3. The molecule has 0 radical (unpaired) electrons. The molecule has 0 fully saturated rings. The molecule has 0 aliphatic carbocycles. The lowest BCUT2D eigenvalue weighted by Crippen LogP contribution is -2.31. The summed E-state index contributed by atoms with van der Waals surface area (Å²) in [4.78, 5) is 18.2. The van der Waals surface area contributed by atoms with Crippen LogP contribution in [0.25, 0.3) is 11.5 Å². The van der Waals surface area contributed by atoms with Crippen molar-refractivity contribution in [3.8, 4) is 17.3 Å². The topological polar surface area (TPSA) is 115 Å². The molecule has 0 bridgehead atoms. The number of imidazole rings is 1. The molecule has 0 spiro atoms. The first-order chi connectivity index (χ1) is 21.4. The molecule has 1 atom stereocenters. The molecule has 0 aliphatic heterocycles. The molecule has 1 unspecified atom stereocenters. The second kappa shape index (κ2) is 15.6. The van der Waals surface area contributed by atoms with Crippen molar-refractivity contribution in [3.63, 3.8) is 0 Å². The van der Waals surface area contributed by atoms with Crippen molar-refractivity contribution < 1.29 is 22.1 Å². The molecule has 2 heterocycles. The van der Waals surface area contributed by atoms with Gasteiger partial charge in [0.1, 0.15) is 12.8 Å². The minimum absolute atomic E-state index is 0.0750. The van der Waals surface area contributed by atoms with Gasteiger partial charge in [0.05, 0.1) is 25.6 Å². The molecular weight excluding hydrogens is 609 g/mol. The highest BCUT2D eigenvalue weighted by atomic mass is 32.2. The summed E-state index contributed by atoms with van der Waals surface area (Å²) in [5.41, 5.74) is 1.46. The summed E-state index contributed by atoms with van der Waals surface area (Å²) in [6.07, 6.45) is 6.72. The average molecular weight is 653 g/mol. The molecule has 0 N–H and O–H groups in total. The third-order valence-electron chi connectivity index (χ3n) is 7.20. The second-order valence-electron chi connectivity index (χ2n) is 12.3. The van der Waals surface area contributed by atoms with E-state index in [1.807, 2.05) is 60.7 Å². The van der Waals surface area contributed by atoms with E-state index >= 15 is 0 Å². The lowest BCUT2D eigenvalue weighted by molar-refractivity contribution is 0.0767. The molecule has 0 amide bonds. The van der Waals surface area contributed by atoms with E-state index in [0.717, 1.165) is 36.3 Å². The van der Waals surface area contributed by atoms with Crippen LogP contribution in [0.2, 0.25) is 25.7 Å². The molecule has 0 saturated heterocycles. The van der Waals surface area contributed by atoms with Gasteiger partial charge in [0, 0.05) is 33.0 Å². The summed E-state index contributed by atoms with van der Waals surface area (Å²) in [6, 6.07) is 20.3. The monoisotopic (exact) mass is 652 g/mol. The number of benzene rings is 2. The van der Waals surface area contributed by atoms with E-state index in [4.69, 9.17) is 13.7 Å². The van der Waals surface area contributed by atoms with Crippen molar-refractivity contribution in [2.45, 2.75) is 70.7 Å². The van der Waals surface area contributed by atoms with Crippen LogP contribution in [0.5, 0.6) is 5.75 Å². The molecule has 45 heavy (non-hydrogen) atoms. The predicted octanol–water partition coefficient (Wildman–Crippen LogP) is 5.77. The number of ether oxygens (including phenoxy) is 2. The van der Waals surface area contributed by atoms with Crippen LogP contribution < -0.4 is 10.2 Å². The number of hydrogen-bond acceptors (Lipinski definition) is 8. The van der Waals surface area contributed by atoms with E-state index < -0.39 is 35.6 Å². The quantitative estimate of drug-likeness (QED) is 0.0802. The normalized spacial score (nSPS) is 12.8. The maximum absolute atomic E-state index is 13.7. The SMILES string of the molecule is CCCCOc1cn(COCC[Si](C)(C)C)nc(-c2nccn2CC(OS(C)(=O)=O)C(c2ccccc2)c2ccccc2)c1=O. The Bertz CT molecular complexity index is 1630. The van der Waals surface area contributed by atoms with Gasteiger partial charge in [-0.1, -0.05) is 93.6 Å². The lowest BCUT2D eigenvalue weighted by atomic mass is 9.86. The van der Waals surface area contributed by atoms with Gasteiger partial charge in [-0.3, -0.25) is 8.98 Å². The lowest BCUT2D eigenvalue weighted by Gasteiger charge is -2.28. The van der Waals surface area contributed by atoms with Crippen molar-refractivity contribution in [2.24, 2.45) is 0 Å². The van der Waals surface area contributed by atoms with Crippen LogP contribution in [-0.2, 0) is 32.3 Å². The van der Waals surface area contributed by atoms with Crippen molar-refractivity contribution in [3.05, 3.63) is 101 Å². The molecule has 2 aromatic heterocycles. The molecule has 0 saturated carbocycles. The molecule has 10 nitrogen and oxygen atoms in total. The fourth-order valence-corrected chi connectivity index (χ4v) is 6.30. The Balaban J connectivity index is 1.74. The fraction of sp³-hybridized carbons (Fsp3) is 0.424. The van der Waals surface area contributed by atoms with Gasteiger partial charge in [-0.05, 0) is 23.6 Å². The van der Waals surface area contributed by atoms with Crippen LogP contribution in [0.4, 0.5) is 0 Å². The van der Waals surface area contributed by atoms with Crippen LogP contribution in [-0.4, -0.2) is 61.4 Å². The molecule has 12 heteroatoms. The van der Waals surface area contributed by atoms with Gasteiger partial charge >= 0.3 is 0 Å². The Hall–Kier alpha value is -3.58. The van der Waals surface area contributed by atoms with Gasteiger partial charge < -0.3 is 14.0 Å². The minimum Gasteiger partial charge on any atom is -0.488 e. The van der Waals surface area contributed by atoms with E-state index in [9.17, 15) is 13.2 Å². The van der Waals surface area contributed by atoms with Crippen LogP contribution in [0.15, 0.2) is 84.0 Å². The molecule has 0 aliphatic rings. The molecule has 2 aromatic carbocycles. The zero-order valence-electron chi connectivity index (χ0n) is 26.8. The second-order valence-corrected chi connectivity index (χ2v) is 19.5. The first kappa shape index (κ1) is 34.3. The summed E-state index contributed by atoms with van der Waals surface area (Å²) in [7, 11) is -5.16. The zero-order chi connectivity index (χ0) is 32.5. The predicted molar refractivity (Wildman–Crippen MR) is 179 cm³/mol. The van der Waals surface area contributed by atoms with E-state index in [2.05, 4.69) is 36.6 Å². The number of hydrogen-bond donors (Lipinski definition) is 0. The standard InChI is InChI=1S/C33H44N4O6SSi/c1-6-7-20-42-29-24-37(25-41-21-22-45(3,4)5)35-31(32(29)38)33-34-18-19-36(33)23-28(43-44(2,39)40)30(26-14-10-8-11-15-26)27-16-12-9-13-17-27/h8-19,24,28,30H,6-7,20-23,25H2,1-5H3. The van der Waals surface area contributed by atoms with E-state index in [-0.39, 0.29) is 30.5 Å². The van der Waals surface area contributed by atoms with Crippen LogP contribution in [0.3, 0.4) is 0 Å². The number of unbranched alkanes of at least 4 members (excludes halogenated alkanes) is 1. The van der Waals surface area contributed by atoms with Gasteiger partial charge in [0.25, 0.3) is 15.5 Å². The van der Waals surface area contributed by atoms with Gasteiger partial charge in [-0.15, -0.1) is 0 Å². The Morgan fingerprint density at radius 1 is 0.956 bits per heavy atom. The Labute approximate surface area is 267 Å². The molecule has 4 rings (SSSR count). The van der Waals surface area contributed by atoms with E-state index in [1.165, 1.54) is 0 Å². The number of rotatable bonds is 17. The molecule has 242 valence electrons. The van der Waals surface area contributed by atoms with Crippen LogP contribution in [0, 0.1) is 0 Å². The highest BCUT2D eigenvalue weighted by Crippen LogP contribution is 2.32. The minimum atomic E-state index is -3.87. The Morgan fingerprint density at radius 2 is 1.60 bits per heavy atom. The third-order valence-corrected chi connectivity index (χ3v) is 9.50. The fourth-order valence-electron chi connectivity index (χ4n) is 4.92. The summed E-state index contributed by atoms with van der Waals surface area (Å²) >= 11 is 0. The summed E-state index contributed by atoms with van der Waals surface area (Å²) in [6.45, 7) is 10.1. The average Bonchev–Trinajstić information content (AvgIpc) is 3.44. The van der Waals surface area contributed by atoms with Crippen molar-refractivity contribution >= 4 is 18.2 Å². The maximum Gasteiger partial charge on any atom is 0.264 e. The van der Waals surface area contributed by atoms with Gasteiger partial charge in [0.2, 0.25) is 0 Å². The molecule has 4 aromatic rings. The van der Waals surface area contributed by atoms with Gasteiger partial charge in [-0.2, -0.15) is 13.5 Å². The first-order valence-corrected chi connectivity index (χ1v) is 20.8. The Kier molecular flexibility index (Phi) is 11.9. The smallest absolute Gasteiger partial charge is 0.264 e. The Morgan fingerprint density at radius 3 is 2.18 bits per heavy atom. The van der Waals surface area contributed by atoms with Crippen molar-refractivity contribution in [1.29, 1.82) is 0 Å². The summed E-state index contributed by atoms with van der Waals surface area (Å²) < 4.78 is 46.1. The molecular formula is C33H44N4O6SSi. The summed E-state index contributed by atoms with van der Waals surface area (Å²) in [5.74, 6) is -0.00332. The van der Waals surface area contributed by atoms with Gasteiger partial charge in [-0.25, -0.2) is 9.67 Å². The highest BCUT2D eigenvalue weighted by Gasteiger charge is 2.31. The largest absolute Gasteiger partial charge is 0.488 e. The maximum atomic E-state index is 13.7.